The first-order chi connectivity index (χ1) is 21.7. The highest BCUT2D eigenvalue weighted by atomic mass is 32.2. The molecule has 2 aromatic heterocycles. The third-order valence-corrected chi connectivity index (χ3v) is 9.06. The summed E-state index contributed by atoms with van der Waals surface area (Å²) in [6.45, 7) is 10.6. The molecule has 0 bridgehead atoms. The molecule has 1 aliphatic heterocycles. The number of rotatable bonds is 8. The minimum absolute atomic E-state index is 0.184. The molecule has 0 aliphatic carbocycles. The van der Waals surface area contributed by atoms with Crippen molar-refractivity contribution in [2.24, 2.45) is 0 Å². The molecule has 1 fully saturated rings. The van der Waals surface area contributed by atoms with Gasteiger partial charge in [-0.15, -0.1) is 11.3 Å². The predicted molar refractivity (Wildman–Crippen MR) is 177 cm³/mol. The van der Waals surface area contributed by atoms with Crippen LogP contribution in [0.4, 0.5) is 9.93 Å². The molecule has 0 atom stereocenters. The van der Waals surface area contributed by atoms with Crippen LogP contribution in [0.1, 0.15) is 42.4 Å². The maximum Gasteiger partial charge on any atom is 0.410 e. The summed E-state index contributed by atoms with van der Waals surface area (Å²) in [6, 6.07) is 15.1. The number of carbonyl (C=O) groups is 2. The van der Waals surface area contributed by atoms with Crippen LogP contribution in [-0.4, -0.2) is 78.2 Å². The van der Waals surface area contributed by atoms with Crippen molar-refractivity contribution in [3.63, 3.8) is 0 Å². The molecule has 0 radical (unpaired) electrons. The van der Waals surface area contributed by atoms with Gasteiger partial charge in [-0.25, -0.2) is 18.2 Å². The number of anilines is 1. The summed E-state index contributed by atoms with van der Waals surface area (Å²) in [7, 11) is -3.35. The quantitative estimate of drug-likeness (QED) is 0.241. The van der Waals surface area contributed by atoms with Gasteiger partial charge in [-0.05, 0) is 81.8 Å². The lowest BCUT2D eigenvalue weighted by atomic mass is 10.0. The number of amides is 2. The van der Waals surface area contributed by atoms with Gasteiger partial charge in [0, 0.05) is 61.7 Å². The molecule has 2 aromatic carbocycles. The van der Waals surface area contributed by atoms with Crippen LogP contribution in [0.5, 0.6) is 11.5 Å². The van der Waals surface area contributed by atoms with Gasteiger partial charge in [0.15, 0.2) is 15.0 Å². The van der Waals surface area contributed by atoms with Crippen LogP contribution in [0.2, 0.25) is 0 Å². The number of aryl methyl sites for hydroxylation is 1. The summed E-state index contributed by atoms with van der Waals surface area (Å²) >= 11 is 1.34. The van der Waals surface area contributed by atoms with Crippen LogP contribution < -0.4 is 10.1 Å². The summed E-state index contributed by atoms with van der Waals surface area (Å²) in [5, 5.41) is 5.28. The fraction of sp³-hybridized carbons (Fsp3) is 0.333. The standard InChI is InChI=1S/C33H37N5O6S2/c1-22-7-6-12-34-29(22)23-17-24(19-27(18-23)43-26-8-10-28(11-9-26)46(5,41)42)30(39)36-31-35-25(21-45-31)20-37-13-15-38(16-14-37)32(40)44-33(2,3)4/h6-12,17-19,21H,13-16,20H2,1-5H3,(H,35,36,39). The highest BCUT2D eigenvalue weighted by Crippen LogP contribution is 2.31. The maximum atomic E-state index is 13.5. The van der Waals surface area contributed by atoms with Crippen molar-refractivity contribution in [2.75, 3.05) is 37.8 Å². The van der Waals surface area contributed by atoms with Crippen LogP contribution in [0.25, 0.3) is 11.3 Å². The maximum absolute atomic E-state index is 13.5. The number of sulfone groups is 1. The Morgan fingerprint density at radius 1 is 1.00 bits per heavy atom. The van der Waals surface area contributed by atoms with Crippen LogP contribution in [0.3, 0.4) is 0 Å². The monoisotopic (exact) mass is 663 g/mol. The van der Waals surface area contributed by atoms with E-state index < -0.39 is 15.4 Å². The van der Waals surface area contributed by atoms with Gasteiger partial charge in [-0.2, -0.15) is 0 Å². The number of benzene rings is 2. The predicted octanol–water partition coefficient (Wildman–Crippen LogP) is 6.01. The van der Waals surface area contributed by atoms with Gasteiger partial charge in [0.2, 0.25) is 0 Å². The molecule has 2 amide bonds. The zero-order valence-corrected chi connectivity index (χ0v) is 28.1. The first kappa shape index (κ1) is 33.0. The number of pyridine rings is 1. The Balaban J connectivity index is 1.28. The normalized spacial score (nSPS) is 14.2. The van der Waals surface area contributed by atoms with Gasteiger partial charge in [-0.1, -0.05) is 6.07 Å². The van der Waals surface area contributed by atoms with Gasteiger partial charge in [0.25, 0.3) is 5.91 Å². The number of aromatic nitrogens is 2. The third kappa shape index (κ3) is 8.68. The molecule has 0 saturated carbocycles. The summed E-state index contributed by atoms with van der Waals surface area (Å²) in [5.74, 6) is 0.454. The molecule has 46 heavy (non-hydrogen) atoms. The topological polar surface area (TPSA) is 131 Å². The molecule has 1 aliphatic rings. The molecule has 0 unspecified atom stereocenters. The smallest absolute Gasteiger partial charge is 0.410 e. The lowest BCUT2D eigenvalue weighted by Gasteiger charge is -2.35. The molecule has 3 heterocycles. The lowest BCUT2D eigenvalue weighted by Crippen LogP contribution is -2.49. The molecule has 0 spiro atoms. The van der Waals surface area contributed by atoms with Crippen molar-refractivity contribution < 1.29 is 27.5 Å². The lowest BCUT2D eigenvalue weighted by molar-refractivity contribution is 0.0138. The Morgan fingerprint density at radius 2 is 1.72 bits per heavy atom. The van der Waals surface area contributed by atoms with E-state index in [0.717, 1.165) is 17.5 Å². The van der Waals surface area contributed by atoms with Crippen molar-refractivity contribution >= 4 is 38.3 Å². The molecular weight excluding hydrogens is 627 g/mol. The van der Waals surface area contributed by atoms with Gasteiger partial charge < -0.3 is 14.4 Å². The summed E-state index contributed by atoms with van der Waals surface area (Å²) in [4.78, 5) is 39.1. The largest absolute Gasteiger partial charge is 0.457 e. The number of hydrogen-bond donors (Lipinski definition) is 1. The zero-order chi connectivity index (χ0) is 33.1. The SMILES string of the molecule is Cc1cccnc1-c1cc(Oc2ccc(S(C)(=O)=O)cc2)cc(C(=O)Nc2nc(CN3CCN(C(=O)OC(C)(C)C)CC3)cs2)c1. The third-order valence-electron chi connectivity index (χ3n) is 7.12. The summed E-state index contributed by atoms with van der Waals surface area (Å²) < 4.78 is 35.3. The number of carbonyl (C=O) groups excluding carboxylic acids is 2. The van der Waals surface area contributed by atoms with Crippen LogP contribution in [-0.2, 0) is 21.1 Å². The Kier molecular flexibility index (Phi) is 9.75. The minimum Gasteiger partial charge on any atom is -0.457 e. The number of ether oxygens (including phenoxy) is 2. The van der Waals surface area contributed by atoms with Crippen molar-refractivity contribution in [1.82, 2.24) is 19.8 Å². The van der Waals surface area contributed by atoms with Gasteiger partial charge >= 0.3 is 6.09 Å². The molecule has 242 valence electrons. The van der Waals surface area contributed by atoms with Gasteiger partial charge in [-0.3, -0.25) is 20.0 Å². The Morgan fingerprint density at radius 3 is 2.37 bits per heavy atom. The van der Waals surface area contributed by atoms with E-state index in [9.17, 15) is 18.0 Å². The van der Waals surface area contributed by atoms with Crippen molar-refractivity contribution in [3.8, 4) is 22.8 Å². The van der Waals surface area contributed by atoms with E-state index in [2.05, 4.69) is 20.2 Å². The summed E-state index contributed by atoms with van der Waals surface area (Å²) in [5.41, 5.74) is 2.97. The fourth-order valence-corrected chi connectivity index (χ4v) is 6.18. The zero-order valence-electron chi connectivity index (χ0n) is 26.4. The molecule has 13 heteroatoms. The second kappa shape index (κ2) is 13.6. The summed E-state index contributed by atoms with van der Waals surface area (Å²) in [6.07, 6.45) is 2.53. The molecule has 4 aromatic rings. The van der Waals surface area contributed by atoms with E-state index in [0.29, 0.717) is 66.2 Å². The minimum atomic E-state index is -3.35. The van der Waals surface area contributed by atoms with E-state index >= 15 is 0 Å². The van der Waals surface area contributed by atoms with E-state index in [1.54, 1.807) is 41.4 Å². The number of nitrogens with one attached hydrogen (secondary N) is 1. The molecule has 1 saturated heterocycles. The molecule has 5 rings (SSSR count). The number of thiazole rings is 1. The Hall–Kier alpha value is -4.33. The Labute approximate surface area is 273 Å². The van der Waals surface area contributed by atoms with E-state index in [1.165, 1.54) is 23.5 Å². The van der Waals surface area contributed by atoms with Crippen molar-refractivity contribution in [2.45, 2.75) is 44.7 Å². The fourth-order valence-electron chi connectivity index (χ4n) is 4.86. The van der Waals surface area contributed by atoms with Crippen molar-refractivity contribution in [3.05, 3.63) is 83.0 Å². The Bertz CT molecular complexity index is 1830. The molecule has 1 N–H and O–H groups in total. The van der Waals surface area contributed by atoms with Crippen molar-refractivity contribution in [1.29, 1.82) is 0 Å². The van der Waals surface area contributed by atoms with Crippen LogP contribution >= 0.6 is 11.3 Å². The van der Waals surface area contributed by atoms with Gasteiger partial charge in [0.05, 0.1) is 16.3 Å². The van der Waals surface area contributed by atoms with Crippen LogP contribution in [0.15, 0.2) is 71.1 Å². The van der Waals surface area contributed by atoms with E-state index in [4.69, 9.17) is 9.47 Å². The van der Waals surface area contributed by atoms with E-state index in [1.807, 2.05) is 45.2 Å². The van der Waals surface area contributed by atoms with E-state index in [-0.39, 0.29) is 16.9 Å². The second-order valence-electron chi connectivity index (χ2n) is 12.1. The number of hydrogen-bond acceptors (Lipinski definition) is 10. The molecular formula is C33H37N5O6S2. The molecule has 11 nitrogen and oxygen atoms in total. The average Bonchev–Trinajstić information content (AvgIpc) is 3.43. The first-order valence-electron chi connectivity index (χ1n) is 14.7. The first-order valence-corrected chi connectivity index (χ1v) is 17.5. The highest BCUT2D eigenvalue weighted by molar-refractivity contribution is 7.90. The second-order valence-corrected chi connectivity index (χ2v) is 15.0. The average molecular weight is 664 g/mol. The van der Waals surface area contributed by atoms with Crippen LogP contribution in [0, 0.1) is 6.92 Å². The van der Waals surface area contributed by atoms with Gasteiger partial charge in [0.1, 0.15) is 17.1 Å². The number of nitrogens with zero attached hydrogens (tertiary/aromatic N) is 4. The number of piperazine rings is 1. The highest BCUT2D eigenvalue weighted by Gasteiger charge is 2.26.